The summed E-state index contributed by atoms with van der Waals surface area (Å²) >= 11 is 0. The molecule has 0 aromatic rings. The van der Waals surface area contributed by atoms with Gasteiger partial charge in [-0.1, -0.05) is 197 Å². The minimum atomic E-state index is -1.57. The molecule has 6 N–H and O–H groups in total. The Balaban J connectivity index is 2.20. The first kappa shape index (κ1) is 57.2. The third kappa shape index (κ3) is 32.5. The second kappa shape index (κ2) is 42.1. The second-order valence-electron chi connectivity index (χ2n) is 17.6. The molecular weight excluding hydrogens is 767 g/mol. The summed E-state index contributed by atoms with van der Waals surface area (Å²) in [5, 5.41) is 54.1. The summed E-state index contributed by atoms with van der Waals surface area (Å²) in [4.78, 5) is 13.0. The van der Waals surface area contributed by atoms with Crippen molar-refractivity contribution < 1.29 is 39.8 Å². The molecule has 0 radical (unpaired) electrons. The average molecular weight is 862 g/mol. The molecule has 1 fully saturated rings. The van der Waals surface area contributed by atoms with Gasteiger partial charge in [0, 0.05) is 6.42 Å². The van der Waals surface area contributed by atoms with Crippen molar-refractivity contribution in [3.05, 3.63) is 48.6 Å². The standard InChI is InChI=1S/C52H95NO8/c1-3-5-7-9-11-13-15-16-17-18-19-20-21-22-23-24-25-26-27-28-29-30-32-34-36-38-40-42-48(56)53-45(44-60-52-51(59)50(58)49(57)47(43-54)61-52)46(55)41-39-37-35-33-31-14-12-10-8-6-4-2/h8,10,22-23,31,33,39,41,45-47,49-52,54-55,57-59H,3-7,9,11-21,24-30,32,34-38,40,42-44H2,1-2H3,(H,53,56)/b10-8+,23-22-,33-31+,41-39+. The van der Waals surface area contributed by atoms with Gasteiger partial charge in [0.15, 0.2) is 6.29 Å². The van der Waals surface area contributed by atoms with E-state index in [2.05, 4.69) is 55.6 Å². The maximum Gasteiger partial charge on any atom is 0.220 e. The lowest BCUT2D eigenvalue weighted by Crippen LogP contribution is -2.60. The van der Waals surface area contributed by atoms with Gasteiger partial charge in [0.2, 0.25) is 5.91 Å². The number of ether oxygens (including phenoxy) is 2. The number of carbonyl (C=O) groups excluding carboxylic acids is 1. The Bertz CT molecular complexity index is 1090. The number of hydrogen-bond donors (Lipinski definition) is 6. The van der Waals surface area contributed by atoms with Crippen LogP contribution >= 0.6 is 0 Å². The van der Waals surface area contributed by atoms with Crippen molar-refractivity contribution in [2.75, 3.05) is 13.2 Å². The third-order valence-electron chi connectivity index (χ3n) is 11.8. The molecule has 1 heterocycles. The van der Waals surface area contributed by atoms with Crippen LogP contribution in [0.15, 0.2) is 48.6 Å². The zero-order valence-electron chi connectivity index (χ0n) is 39.2. The number of carbonyl (C=O) groups is 1. The molecule has 1 rings (SSSR count). The van der Waals surface area contributed by atoms with Crippen molar-refractivity contribution in [1.29, 1.82) is 0 Å². The highest BCUT2D eigenvalue weighted by Gasteiger charge is 2.44. The van der Waals surface area contributed by atoms with Crippen LogP contribution in [-0.4, -0.2) is 87.5 Å². The molecule has 0 aromatic heterocycles. The lowest BCUT2D eigenvalue weighted by Gasteiger charge is -2.40. The van der Waals surface area contributed by atoms with E-state index in [1.54, 1.807) is 6.08 Å². The summed E-state index contributed by atoms with van der Waals surface area (Å²) in [5.74, 6) is -0.194. The molecule has 0 aliphatic carbocycles. The van der Waals surface area contributed by atoms with E-state index in [0.29, 0.717) is 6.42 Å². The van der Waals surface area contributed by atoms with Crippen molar-refractivity contribution in [2.24, 2.45) is 0 Å². The molecule has 1 saturated heterocycles. The quantitative estimate of drug-likeness (QED) is 0.0262. The number of allylic oxidation sites excluding steroid dienone is 7. The van der Waals surface area contributed by atoms with Gasteiger partial charge in [-0.05, 0) is 64.2 Å². The van der Waals surface area contributed by atoms with E-state index < -0.39 is 49.5 Å². The lowest BCUT2D eigenvalue weighted by atomic mass is 9.99. The van der Waals surface area contributed by atoms with Crippen molar-refractivity contribution in [2.45, 2.75) is 262 Å². The maximum absolute atomic E-state index is 13.0. The molecule has 0 bridgehead atoms. The number of hydrogen-bond acceptors (Lipinski definition) is 8. The minimum absolute atomic E-state index is 0.194. The fraction of sp³-hybridized carbons (Fsp3) is 0.827. The predicted octanol–water partition coefficient (Wildman–Crippen LogP) is 11.4. The summed E-state index contributed by atoms with van der Waals surface area (Å²) in [6.45, 7) is 3.68. The van der Waals surface area contributed by atoms with Gasteiger partial charge in [0.05, 0.1) is 25.4 Å². The van der Waals surface area contributed by atoms with E-state index in [1.165, 1.54) is 141 Å². The molecule has 356 valence electrons. The highest BCUT2D eigenvalue weighted by Crippen LogP contribution is 2.23. The number of aliphatic hydroxyl groups is 5. The lowest BCUT2D eigenvalue weighted by molar-refractivity contribution is -0.302. The summed E-state index contributed by atoms with van der Waals surface area (Å²) in [6.07, 6.45) is 47.6. The molecule has 61 heavy (non-hydrogen) atoms. The van der Waals surface area contributed by atoms with Crippen molar-refractivity contribution in [3.8, 4) is 0 Å². The van der Waals surface area contributed by atoms with Gasteiger partial charge >= 0.3 is 0 Å². The summed E-state index contributed by atoms with van der Waals surface area (Å²) in [5.41, 5.74) is 0. The van der Waals surface area contributed by atoms with Crippen LogP contribution < -0.4 is 5.32 Å². The molecule has 1 aliphatic rings. The fourth-order valence-electron chi connectivity index (χ4n) is 7.78. The molecule has 1 amide bonds. The van der Waals surface area contributed by atoms with Crippen LogP contribution in [0, 0.1) is 0 Å². The first-order chi connectivity index (χ1) is 29.8. The van der Waals surface area contributed by atoms with Gasteiger partial charge in [-0.15, -0.1) is 0 Å². The van der Waals surface area contributed by atoms with E-state index in [1.807, 2.05) is 6.08 Å². The highest BCUT2D eigenvalue weighted by atomic mass is 16.7. The normalized spacial score (nSPS) is 20.8. The number of unbranched alkanes of at least 4 members (excludes halogenated alkanes) is 26. The van der Waals surface area contributed by atoms with Crippen LogP contribution in [0.5, 0.6) is 0 Å². The largest absolute Gasteiger partial charge is 0.394 e. The molecule has 7 unspecified atom stereocenters. The SMILES string of the molecule is CCC/C=C/CC/C=C/CC/C=C/C(O)C(COC1OC(CO)C(O)C(O)C1O)NC(=O)CCCCCCCCCCCCC/C=C\CCCCCCCCCCCCCC. The summed E-state index contributed by atoms with van der Waals surface area (Å²) in [7, 11) is 0. The van der Waals surface area contributed by atoms with E-state index in [4.69, 9.17) is 9.47 Å². The van der Waals surface area contributed by atoms with E-state index in [9.17, 15) is 30.3 Å². The number of amides is 1. The smallest absolute Gasteiger partial charge is 0.220 e. The Kier molecular flexibility index (Phi) is 39.5. The van der Waals surface area contributed by atoms with Crippen LogP contribution in [0.1, 0.15) is 219 Å². The second-order valence-corrected chi connectivity index (χ2v) is 17.6. The van der Waals surface area contributed by atoms with Gasteiger partial charge in [-0.25, -0.2) is 0 Å². The van der Waals surface area contributed by atoms with Crippen LogP contribution in [-0.2, 0) is 14.3 Å². The van der Waals surface area contributed by atoms with Gasteiger partial charge in [0.25, 0.3) is 0 Å². The average Bonchev–Trinajstić information content (AvgIpc) is 3.26. The zero-order valence-corrected chi connectivity index (χ0v) is 39.2. The molecule has 0 aromatic carbocycles. The Morgan fingerprint density at radius 1 is 0.541 bits per heavy atom. The molecule has 0 saturated carbocycles. The number of aliphatic hydroxyl groups excluding tert-OH is 5. The number of nitrogens with one attached hydrogen (secondary N) is 1. The molecule has 9 heteroatoms. The fourth-order valence-corrected chi connectivity index (χ4v) is 7.78. The van der Waals surface area contributed by atoms with Crippen LogP contribution in [0.2, 0.25) is 0 Å². The Morgan fingerprint density at radius 2 is 0.967 bits per heavy atom. The monoisotopic (exact) mass is 862 g/mol. The maximum atomic E-state index is 13.0. The summed E-state index contributed by atoms with van der Waals surface area (Å²) in [6, 6.07) is -0.827. The summed E-state index contributed by atoms with van der Waals surface area (Å²) < 4.78 is 11.2. The van der Waals surface area contributed by atoms with E-state index in [0.717, 1.165) is 57.8 Å². The third-order valence-corrected chi connectivity index (χ3v) is 11.8. The van der Waals surface area contributed by atoms with Crippen molar-refractivity contribution in [1.82, 2.24) is 5.32 Å². The molecule has 9 nitrogen and oxygen atoms in total. The van der Waals surface area contributed by atoms with Gasteiger partial charge in [-0.2, -0.15) is 0 Å². The van der Waals surface area contributed by atoms with E-state index in [-0.39, 0.29) is 12.5 Å². The zero-order chi connectivity index (χ0) is 44.4. The Morgan fingerprint density at radius 3 is 1.44 bits per heavy atom. The first-order valence-corrected chi connectivity index (χ1v) is 25.4. The van der Waals surface area contributed by atoms with Gasteiger partial charge in [-0.3, -0.25) is 4.79 Å². The number of rotatable bonds is 42. The molecular formula is C52H95NO8. The van der Waals surface area contributed by atoms with Crippen molar-refractivity contribution >= 4 is 5.91 Å². The topological polar surface area (TPSA) is 149 Å². The minimum Gasteiger partial charge on any atom is -0.394 e. The van der Waals surface area contributed by atoms with Crippen LogP contribution in [0.4, 0.5) is 0 Å². The van der Waals surface area contributed by atoms with Gasteiger partial charge < -0.3 is 40.3 Å². The first-order valence-electron chi connectivity index (χ1n) is 25.4. The predicted molar refractivity (Wildman–Crippen MR) is 253 cm³/mol. The van der Waals surface area contributed by atoms with E-state index >= 15 is 0 Å². The van der Waals surface area contributed by atoms with Crippen molar-refractivity contribution in [3.63, 3.8) is 0 Å². The Labute approximate surface area is 373 Å². The Hall–Kier alpha value is -1.85. The van der Waals surface area contributed by atoms with Crippen LogP contribution in [0.25, 0.3) is 0 Å². The van der Waals surface area contributed by atoms with Crippen LogP contribution in [0.3, 0.4) is 0 Å². The molecule has 7 atom stereocenters. The molecule has 0 spiro atoms. The van der Waals surface area contributed by atoms with Gasteiger partial charge in [0.1, 0.15) is 24.4 Å². The molecule has 1 aliphatic heterocycles. The highest BCUT2D eigenvalue weighted by molar-refractivity contribution is 5.76.